The highest BCUT2D eigenvalue weighted by Gasteiger charge is 2.15. The molecule has 0 saturated carbocycles. The highest BCUT2D eigenvalue weighted by molar-refractivity contribution is 6.31. The summed E-state index contributed by atoms with van der Waals surface area (Å²) in [4.78, 5) is 28.3. The van der Waals surface area contributed by atoms with E-state index in [-0.39, 0.29) is 34.2 Å². The molecule has 3 rings (SSSR count). The summed E-state index contributed by atoms with van der Waals surface area (Å²) in [6, 6.07) is 10.6. The van der Waals surface area contributed by atoms with Crippen LogP contribution in [-0.2, 0) is 7.05 Å². The van der Waals surface area contributed by atoms with E-state index in [4.69, 9.17) is 11.6 Å². The van der Waals surface area contributed by atoms with Crippen molar-refractivity contribution in [3.05, 3.63) is 57.1 Å². The molecule has 0 fully saturated rings. The van der Waals surface area contributed by atoms with E-state index in [2.05, 4.69) is 15.6 Å². The van der Waals surface area contributed by atoms with Gasteiger partial charge in [0.2, 0.25) is 0 Å². The Balaban J connectivity index is 2.13. The van der Waals surface area contributed by atoms with Crippen LogP contribution in [0.3, 0.4) is 0 Å². The van der Waals surface area contributed by atoms with E-state index < -0.39 is 0 Å². The number of nitrogens with zero attached hydrogens (tertiary/aromatic N) is 3. The highest BCUT2D eigenvalue weighted by Crippen LogP contribution is 2.30. The third-order valence-electron chi connectivity index (χ3n) is 4.59. The molecule has 0 amide bonds. The van der Waals surface area contributed by atoms with Gasteiger partial charge in [-0.2, -0.15) is 5.26 Å². The van der Waals surface area contributed by atoms with Crippen LogP contribution < -0.4 is 16.2 Å². The molecule has 0 bridgehead atoms. The first-order valence-corrected chi connectivity index (χ1v) is 9.55. The summed E-state index contributed by atoms with van der Waals surface area (Å²) in [6.45, 7) is 4.36. The number of ketones is 1. The van der Waals surface area contributed by atoms with Crippen LogP contribution in [0.5, 0.6) is 0 Å². The Morgan fingerprint density at radius 3 is 2.66 bits per heavy atom. The molecule has 2 heterocycles. The molecule has 7 nitrogen and oxygen atoms in total. The van der Waals surface area contributed by atoms with Gasteiger partial charge in [0.25, 0.3) is 5.56 Å². The number of nitrogens with one attached hydrogen (secondary N) is 2. The minimum Gasteiger partial charge on any atom is -0.385 e. The van der Waals surface area contributed by atoms with Gasteiger partial charge in [-0.05, 0) is 31.2 Å². The number of halogens is 1. The molecular formula is C21H20ClN5O2. The summed E-state index contributed by atoms with van der Waals surface area (Å²) >= 11 is 6.13. The lowest BCUT2D eigenvalue weighted by Gasteiger charge is -2.15. The van der Waals surface area contributed by atoms with Gasteiger partial charge in [-0.3, -0.25) is 9.59 Å². The molecule has 2 N–H and O–H groups in total. The number of anilines is 3. The fraction of sp³-hybridized carbons (Fsp3) is 0.238. The number of pyridine rings is 2. The summed E-state index contributed by atoms with van der Waals surface area (Å²) in [6.07, 6.45) is 0.282. The second-order valence-corrected chi connectivity index (χ2v) is 6.81. The highest BCUT2D eigenvalue weighted by atomic mass is 35.5. The summed E-state index contributed by atoms with van der Waals surface area (Å²) in [5, 5.41) is 16.7. The molecule has 0 aliphatic heterocycles. The maximum Gasteiger partial charge on any atom is 0.252 e. The van der Waals surface area contributed by atoms with Crippen LogP contribution in [0.1, 0.15) is 36.3 Å². The van der Waals surface area contributed by atoms with Crippen molar-refractivity contribution in [2.24, 2.45) is 7.05 Å². The Morgan fingerprint density at radius 1 is 1.24 bits per heavy atom. The number of nitriles is 1. The van der Waals surface area contributed by atoms with E-state index in [1.54, 1.807) is 30.7 Å². The number of Topliss-reactive ketones (excluding diaryl/α,β-unsaturated/α-hetero) is 1. The first-order valence-electron chi connectivity index (χ1n) is 9.18. The number of aryl methyl sites for hydroxylation is 1. The van der Waals surface area contributed by atoms with Crippen molar-refractivity contribution in [2.75, 3.05) is 17.2 Å². The number of aromatic nitrogens is 2. The van der Waals surface area contributed by atoms with Gasteiger partial charge in [-0.1, -0.05) is 18.5 Å². The summed E-state index contributed by atoms with van der Waals surface area (Å²) < 4.78 is 1.57. The normalized spacial score (nSPS) is 10.6. The molecule has 0 aliphatic carbocycles. The molecule has 0 spiro atoms. The zero-order valence-electron chi connectivity index (χ0n) is 16.3. The fourth-order valence-corrected chi connectivity index (χ4v) is 3.31. The van der Waals surface area contributed by atoms with E-state index in [1.165, 1.54) is 6.07 Å². The maximum absolute atomic E-state index is 12.2. The lowest BCUT2D eigenvalue weighted by atomic mass is 10.1. The number of carbonyl (C=O) groups excluding carboxylic acids is 1. The average Bonchev–Trinajstić information content (AvgIpc) is 2.71. The number of fused-ring (bicyclic) bond motifs is 1. The summed E-state index contributed by atoms with van der Waals surface area (Å²) in [7, 11) is 1.71. The van der Waals surface area contributed by atoms with Gasteiger partial charge in [0.1, 0.15) is 22.5 Å². The predicted molar refractivity (Wildman–Crippen MR) is 115 cm³/mol. The summed E-state index contributed by atoms with van der Waals surface area (Å²) in [5.41, 5.74) is 2.84. The van der Waals surface area contributed by atoms with Crippen LogP contribution in [0, 0.1) is 11.3 Å². The van der Waals surface area contributed by atoms with Crippen molar-refractivity contribution >= 4 is 45.3 Å². The molecule has 8 heteroatoms. The Hall–Kier alpha value is -3.37. The van der Waals surface area contributed by atoms with Crippen molar-refractivity contribution in [3.8, 4) is 6.07 Å². The van der Waals surface area contributed by atoms with Crippen LogP contribution in [0.25, 0.3) is 10.9 Å². The summed E-state index contributed by atoms with van der Waals surface area (Å²) in [5.74, 6) is -0.164. The number of hydrogen-bond acceptors (Lipinski definition) is 6. The standard InChI is InChI=1S/C21H20ClN5O2/c1-4-19(28)17-9-16(14(11-23)21(22)26-17)25-12-6-7-18-13(8-12)15(24-5-2)10-20(29)27(18)3/h6-10,24H,4-5H2,1-3H3,(H,25,26). The first kappa shape index (κ1) is 20.4. The van der Waals surface area contributed by atoms with Crippen LogP contribution in [0.2, 0.25) is 5.15 Å². The van der Waals surface area contributed by atoms with E-state index in [1.807, 2.05) is 25.1 Å². The molecule has 148 valence electrons. The van der Waals surface area contributed by atoms with Crippen LogP contribution in [0.4, 0.5) is 17.1 Å². The number of rotatable bonds is 6. The fourth-order valence-electron chi connectivity index (χ4n) is 3.07. The smallest absolute Gasteiger partial charge is 0.252 e. The van der Waals surface area contributed by atoms with Crippen LogP contribution in [-0.4, -0.2) is 21.9 Å². The van der Waals surface area contributed by atoms with Gasteiger partial charge >= 0.3 is 0 Å². The zero-order chi connectivity index (χ0) is 21.1. The Kier molecular flexibility index (Phi) is 5.85. The van der Waals surface area contributed by atoms with E-state index in [0.29, 0.717) is 17.9 Å². The van der Waals surface area contributed by atoms with E-state index in [0.717, 1.165) is 16.6 Å². The van der Waals surface area contributed by atoms with Gasteiger partial charge in [0.15, 0.2) is 5.78 Å². The Morgan fingerprint density at radius 2 is 2.00 bits per heavy atom. The van der Waals surface area contributed by atoms with E-state index in [9.17, 15) is 14.9 Å². The number of benzene rings is 1. The lowest BCUT2D eigenvalue weighted by molar-refractivity contribution is 0.0983. The van der Waals surface area contributed by atoms with Crippen molar-refractivity contribution < 1.29 is 4.79 Å². The van der Waals surface area contributed by atoms with Crippen molar-refractivity contribution in [2.45, 2.75) is 20.3 Å². The van der Waals surface area contributed by atoms with Gasteiger partial charge in [0.05, 0.1) is 11.2 Å². The van der Waals surface area contributed by atoms with Crippen LogP contribution in [0.15, 0.2) is 35.1 Å². The second-order valence-electron chi connectivity index (χ2n) is 6.45. The molecule has 0 radical (unpaired) electrons. The van der Waals surface area contributed by atoms with Gasteiger partial charge in [-0.15, -0.1) is 0 Å². The maximum atomic E-state index is 12.2. The molecule has 3 aromatic rings. The minimum atomic E-state index is -0.164. The first-order chi connectivity index (χ1) is 13.9. The van der Waals surface area contributed by atoms with Crippen LogP contribution >= 0.6 is 11.6 Å². The monoisotopic (exact) mass is 409 g/mol. The Bertz CT molecular complexity index is 1210. The molecular weight excluding hydrogens is 390 g/mol. The second kappa shape index (κ2) is 8.33. The molecule has 0 aliphatic rings. The molecule has 0 saturated heterocycles. The largest absolute Gasteiger partial charge is 0.385 e. The number of hydrogen-bond donors (Lipinski definition) is 2. The third kappa shape index (κ3) is 3.93. The van der Waals surface area contributed by atoms with E-state index >= 15 is 0 Å². The molecule has 29 heavy (non-hydrogen) atoms. The van der Waals surface area contributed by atoms with Gasteiger partial charge in [0, 0.05) is 42.8 Å². The topological polar surface area (TPSA) is 99.8 Å². The van der Waals surface area contributed by atoms with Gasteiger partial charge in [-0.25, -0.2) is 4.98 Å². The SMILES string of the molecule is CCNc1cc(=O)n(C)c2ccc(Nc3cc(C(=O)CC)nc(Cl)c3C#N)cc12. The number of carbonyl (C=O) groups is 1. The van der Waals surface area contributed by atoms with Crippen molar-refractivity contribution in [1.29, 1.82) is 5.26 Å². The van der Waals surface area contributed by atoms with Crippen molar-refractivity contribution in [3.63, 3.8) is 0 Å². The average molecular weight is 410 g/mol. The molecule has 2 aromatic heterocycles. The Labute approximate surface area is 172 Å². The molecule has 0 unspecified atom stereocenters. The molecule has 0 atom stereocenters. The zero-order valence-corrected chi connectivity index (χ0v) is 17.1. The third-order valence-corrected chi connectivity index (χ3v) is 4.86. The minimum absolute atomic E-state index is 0.0224. The lowest BCUT2D eigenvalue weighted by Crippen LogP contribution is -2.17. The van der Waals surface area contributed by atoms with Gasteiger partial charge < -0.3 is 15.2 Å². The van der Waals surface area contributed by atoms with Crippen molar-refractivity contribution in [1.82, 2.24) is 9.55 Å². The molecule has 1 aromatic carbocycles. The quantitative estimate of drug-likeness (QED) is 0.467. The predicted octanol–water partition coefficient (Wildman–Crippen LogP) is 4.23.